The Labute approximate surface area is 188 Å². The van der Waals surface area contributed by atoms with Gasteiger partial charge in [-0.15, -0.1) is 0 Å². The molecular weight excluding hydrogens is 478 g/mol. The van der Waals surface area contributed by atoms with Crippen LogP contribution in [0.2, 0.25) is 0 Å². The van der Waals surface area contributed by atoms with Crippen LogP contribution in [0.1, 0.15) is 23.7 Å². The van der Waals surface area contributed by atoms with Crippen LogP contribution in [-0.4, -0.2) is 73.9 Å². The number of carbonyl (C=O) groups excluding carboxylic acids is 3. The first-order valence-corrected chi connectivity index (χ1v) is 10.5. The van der Waals surface area contributed by atoms with Crippen molar-refractivity contribution in [3.05, 3.63) is 28.2 Å². The lowest BCUT2D eigenvalue weighted by atomic mass is 10.1. The minimum atomic E-state index is -0.867. The Balaban J connectivity index is 2.03. The molecule has 2 N–H and O–H groups in total. The molecule has 1 heterocycles. The summed E-state index contributed by atoms with van der Waals surface area (Å²) in [6, 6.07) is 4.05. The Hall–Kier alpha value is -2.24. The lowest BCUT2D eigenvalue weighted by molar-refractivity contribution is -0.148. The third-order valence-corrected chi connectivity index (χ3v) is 5.17. The van der Waals surface area contributed by atoms with Crippen LogP contribution in [0.5, 0.6) is 5.75 Å². The van der Waals surface area contributed by atoms with Crippen LogP contribution in [-0.2, 0) is 19.1 Å². The summed E-state index contributed by atoms with van der Waals surface area (Å²) < 4.78 is 15.9. The zero-order chi connectivity index (χ0) is 22.1. The number of ether oxygens (including phenoxy) is 3. The van der Waals surface area contributed by atoms with Crippen LogP contribution < -0.4 is 15.4 Å². The van der Waals surface area contributed by atoms with Gasteiger partial charge < -0.3 is 24.4 Å². The number of piperazine rings is 1. The van der Waals surface area contributed by atoms with E-state index in [1.54, 1.807) is 18.2 Å². The maximum Gasteiger partial charge on any atom is 0.308 e. The van der Waals surface area contributed by atoms with Gasteiger partial charge in [0.15, 0.2) is 5.11 Å². The van der Waals surface area contributed by atoms with Crippen molar-refractivity contribution in [1.29, 1.82) is 0 Å². The second-order valence-corrected chi connectivity index (χ2v) is 7.50. The van der Waals surface area contributed by atoms with E-state index in [2.05, 4.69) is 26.6 Å². The van der Waals surface area contributed by atoms with Gasteiger partial charge in [0.2, 0.25) is 5.91 Å². The Morgan fingerprint density at radius 1 is 1.37 bits per heavy atom. The highest BCUT2D eigenvalue weighted by Crippen LogP contribution is 2.26. The molecule has 0 spiro atoms. The fraction of sp³-hybridized carbons (Fsp3) is 0.474. The number of methoxy groups -OCH3 is 1. The first-order valence-electron chi connectivity index (χ1n) is 9.34. The third-order valence-electron chi connectivity index (χ3n) is 4.22. The van der Waals surface area contributed by atoms with Gasteiger partial charge in [-0.25, -0.2) is 0 Å². The topological polar surface area (TPSA) is 106 Å². The van der Waals surface area contributed by atoms with E-state index in [0.29, 0.717) is 35.5 Å². The number of rotatable bonds is 8. The molecule has 2 amide bonds. The Morgan fingerprint density at radius 3 is 2.80 bits per heavy atom. The van der Waals surface area contributed by atoms with Crippen molar-refractivity contribution in [2.45, 2.75) is 19.4 Å². The lowest BCUT2D eigenvalue weighted by Gasteiger charge is -2.36. The van der Waals surface area contributed by atoms with Crippen LogP contribution >= 0.6 is 28.1 Å². The Bertz CT molecular complexity index is 806. The van der Waals surface area contributed by atoms with Crippen LogP contribution in [0.15, 0.2) is 22.7 Å². The molecule has 1 aromatic rings. The van der Waals surface area contributed by atoms with Gasteiger partial charge in [0.25, 0.3) is 5.91 Å². The second-order valence-electron chi connectivity index (χ2n) is 6.26. The molecule has 0 aromatic heterocycles. The van der Waals surface area contributed by atoms with Gasteiger partial charge in [-0.3, -0.25) is 19.7 Å². The average molecular weight is 502 g/mol. The first-order chi connectivity index (χ1) is 14.4. The largest absolute Gasteiger partial charge is 0.493 e. The predicted molar refractivity (Wildman–Crippen MR) is 116 cm³/mol. The second kappa shape index (κ2) is 11.8. The van der Waals surface area contributed by atoms with Crippen molar-refractivity contribution >= 4 is 51.0 Å². The molecule has 1 aliphatic heterocycles. The highest BCUT2D eigenvalue weighted by Gasteiger charge is 2.34. The van der Waals surface area contributed by atoms with Crippen LogP contribution in [0.3, 0.4) is 0 Å². The standard InChI is InChI=1S/C19H24BrN3O6S/c1-3-28-15-5-4-12(10-13(15)20)17(25)22-19(30)23-7-6-21-18(26)14(23)11-16(24)29-9-8-27-2/h4-5,10,14H,3,6-9,11H2,1-2H3,(H,21,26)(H,22,25,30). The van der Waals surface area contributed by atoms with Gasteiger partial charge in [-0.05, 0) is 53.3 Å². The third kappa shape index (κ3) is 6.64. The quantitative estimate of drug-likeness (QED) is 0.311. The fourth-order valence-corrected chi connectivity index (χ4v) is 3.58. The SMILES string of the molecule is CCOc1ccc(C(=O)NC(=S)N2CCNC(=O)C2CC(=O)OCCOC)cc1Br. The summed E-state index contributed by atoms with van der Waals surface area (Å²) in [4.78, 5) is 38.5. The van der Waals surface area contributed by atoms with Gasteiger partial charge >= 0.3 is 5.97 Å². The first kappa shape index (κ1) is 24.0. The molecule has 0 saturated carbocycles. The number of thiocarbonyl (C=S) groups is 1. The number of esters is 1. The Kier molecular flexibility index (Phi) is 9.47. The van der Waals surface area contributed by atoms with E-state index >= 15 is 0 Å². The van der Waals surface area contributed by atoms with Gasteiger partial charge in [-0.2, -0.15) is 0 Å². The summed E-state index contributed by atoms with van der Waals surface area (Å²) in [5.74, 6) is -0.721. The average Bonchev–Trinajstić information content (AvgIpc) is 2.71. The number of nitrogens with zero attached hydrogens (tertiary/aromatic N) is 1. The molecule has 0 radical (unpaired) electrons. The number of hydrogen-bond acceptors (Lipinski definition) is 7. The van der Waals surface area contributed by atoms with Crippen molar-refractivity contribution in [2.75, 3.05) is 40.0 Å². The zero-order valence-electron chi connectivity index (χ0n) is 16.7. The van der Waals surface area contributed by atoms with Gasteiger partial charge in [0.05, 0.1) is 24.1 Å². The molecule has 0 aliphatic carbocycles. The summed E-state index contributed by atoms with van der Waals surface area (Å²) >= 11 is 8.71. The molecule has 11 heteroatoms. The summed E-state index contributed by atoms with van der Waals surface area (Å²) in [5, 5.41) is 5.38. The molecule has 30 heavy (non-hydrogen) atoms. The molecule has 9 nitrogen and oxygen atoms in total. The van der Waals surface area contributed by atoms with Crippen molar-refractivity contribution in [3.8, 4) is 5.75 Å². The molecule has 1 saturated heterocycles. The van der Waals surface area contributed by atoms with E-state index in [-0.39, 0.29) is 30.7 Å². The lowest BCUT2D eigenvalue weighted by Crippen LogP contribution is -2.60. The normalized spacial score (nSPS) is 15.9. The number of nitrogens with one attached hydrogen (secondary N) is 2. The van der Waals surface area contributed by atoms with Crippen molar-refractivity contribution < 1.29 is 28.6 Å². The maximum absolute atomic E-state index is 12.6. The number of halogens is 1. The number of hydrogen-bond donors (Lipinski definition) is 2. The van der Waals surface area contributed by atoms with E-state index in [1.807, 2.05) is 6.92 Å². The van der Waals surface area contributed by atoms with Crippen molar-refractivity contribution in [3.63, 3.8) is 0 Å². The van der Waals surface area contributed by atoms with Crippen LogP contribution in [0.25, 0.3) is 0 Å². The highest BCUT2D eigenvalue weighted by molar-refractivity contribution is 9.10. The highest BCUT2D eigenvalue weighted by atomic mass is 79.9. The Morgan fingerprint density at radius 2 is 2.13 bits per heavy atom. The van der Waals surface area contributed by atoms with Gasteiger partial charge in [0, 0.05) is 25.8 Å². The van der Waals surface area contributed by atoms with Gasteiger partial charge in [-0.1, -0.05) is 0 Å². The maximum atomic E-state index is 12.6. The summed E-state index contributed by atoms with van der Waals surface area (Å²) in [6.07, 6.45) is -0.194. The monoisotopic (exact) mass is 501 g/mol. The fourth-order valence-electron chi connectivity index (χ4n) is 2.77. The molecule has 1 unspecified atom stereocenters. The van der Waals surface area contributed by atoms with E-state index in [1.165, 1.54) is 12.0 Å². The van der Waals surface area contributed by atoms with Crippen molar-refractivity contribution in [1.82, 2.24) is 15.5 Å². The van der Waals surface area contributed by atoms with Crippen LogP contribution in [0, 0.1) is 0 Å². The molecule has 1 atom stereocenters. The molecule has 1 aromatic carbocycles. The van der Waals surface area contributed by atoms with Crippen LogP contribution in [0.4, 0.5) is 0 Å². The molecular formula is C19H24BrN3O6S. The molecule has 2 rings (SSSR count). The molecule has 1 aliphatic rings. The number of benzene rings is 1. The van der Waals surface area contributed by atoms with E-state index in [0.717, 1.165) is 0 Å². The predicted octanol–water partition coefficient (Wildman–Crippen LogP) is 1.24. The van der Waals surface area contributed by atoms with E-state index in [9.17, 15) is 14.4 Å². The zero-order valence-corrected chi connectivity index (χ0v) is 19.1. The van der Waals surface area contributed by atoms with Crippen molar-refractivity contribution in [2.24, 2.45) is 0 Å². The molecule has 0 bridgehead atoms. The number of carbonyl (C=O) groups is 3. The number of amides is 2. The minimum absolute atomic E-state index is 0.0644. The molecule has 1 fully saturated rings. The summed E-state index contributed by atoms with van der Waals surface area (Å²) in [7, 11) is 1.49. The van der Waals surface area contributed by atoms with Gasteiger partial charge in [0.1, 0.15) is 18.4 Å². The minimum Gasteiger partial charge on any atom is -0.493 e. The molecule has 164 valence electrons. The summed E-state index contributed by atoms with van der Waals surface area (Å²) in [5.41, 5.74) is 0.365. The van der Waals surface area contributed by atoms with E-state index < -0.39 is 17.9 Å². The summed E-state index contributed by atoms with van der Waals surface area (Å²) in [6.45, 7) is 3.42. The smallest absolute Gasteiger partial charge is 0.308 e. The van der Waals surface area contributed by atoms with E-state index in [4.69, 9.17) is 26.4 Å².